The maximum Gasteiger partial charge on any atom is 0.225 e. The molecule has 94 valence electrons. The lowest BCUT2D eigenvalue weighted by Crippen LogP contribution is -2.19. The zero-order valence-electron chi connectivity index (χ0n) is 10.2. The normalized spacial score (nSPS) is 10.4. The molecule has 2 rings (SSSR count). The van der Waals surface area contributed by atoms with Crippen molar-refractivity contribution in [3.05, 3.63) is 53.6 Å². The summed E-state index contributed by atoms with van der Waals surface area (Å²) in [7, 11) is 1.87. The molecule has 0 spiro atoms. The second-order valence-electron chi connectivity index (χ2n) is 4.08. The van der Waals surface area contributed by atoms with Crippen LogP contribution in [0.4, 0.5) is 10.3 Å². The highest BCUT2D eigenvalue weighted by atomic mass is 19.1. The third-order valence-corrected chi connectivity index (χ3v) is 2.63. The molecule has 0 atom stereocenters. The van der Waals surface area contributed by atoms with Crippen LogP contribution in [0.5, 0.6) is 0 Å². The largest absolute Gasteiger partial charge is 0.340 e. The lowest BCUT2D eigenvalue weighted by Gasteiger charge is -2.16. The number of benzene rings is 1. The maximum absolute atomic E-state index is 12.7. The molecule has 0 saturated carbocycles. The van der Waals surface area contributed by atoms with Crippen LogP contribution in [0.15, 0.2) is 36.7 Å². The molecule has 0 aliphatic heterocycles. The SMILES string of the molecule is CN(Cc1ccc(CN)cc1)c1ncc(F)cn1. The monoisotopic (exact) mass is 246 g/mol. The van der Waals surface area contributed by atoms with Gasteiger partial charge in [-0.2, -0.15) is 0 Å². The van der Waals surface area contributed by atoms with Gasteiger partial charge in [0, 0.05) is 20.1 Å². The second kappa shape index (κ2) is 5.55. The smallest absolute Gasteiger partial charge is 0.225 e. The minimum Gasteiger partial charge on any atom is -0.340 e. The van der Waals surface area contributed by atoms with E-state index in [-0.39, 0.29) is 0 Å². The summed E-state index contributed by atoms with van der Waals surface area (Å²) in [5, 5.41) is 0. The molecule has 0 aliphatic carbocycles. The van der Waals surface area contributed by atoms with Crippen LogP contribution < -0.4 is 10.6 Å². The maximum atomic E-state index is 12.7. The van der Waals surface area contributed by atoms with Crippen LogP contribution in [0.1, 0.15) is 11.1 Å². The van der Waals surface area contributed by atoms with Crippen LogP contribution in [0, 0.1) is 5.82 Å². The molecular formula is C13H15FN4. The van der Waals surface area contributed by atoms with E-state index in [1.807, 2.05) is 36.2 Å². The number of nitrogens with two attached hydrogens (primary N) is 1. The average molecular weight is 246 g/mol. The van der Waals surface area contributed by atoms with E-state index >= 15 is 0 Å². The average Bonchev–Trinajstić information content (AvgIpc) is 2.40. The molecule has 2 aromatic rings. The van der Waals surface area contributed by atoms with E-state index in [1.165, 1.54) is 0 Å². The van der Waals surface area contributed by atoms with Gasteiger partial charge in [-0.05, 0) is 11.1 Å². The van der Waals surface area contributed by atoms with Crippen molar-refractivity contribution in [2.75, 3.05) is 11.9 Å². The standard InChI is InChI=1S/C13H15FN4/c1-18(13-16-7-12(14)8-17-13)9-11-4-2-10(6-15)3-5-11/h2-5,7-8H,6,9,15H2,1H3. The highest BCUT2D eigenvalue weighted by Gasteiger charge is 2.05. The first-order chi connectivity index (χ1) is 8.69. The van der Waals surface area contributed by atoms with E-state index in [2.05, 4.69) is 9.97 Å². The van der Waals surface area contributed by atoms with E-state index in [0.29, 0.717) is 19.0 Å². The summed E-state index contributed by atoms with van der Waals surface area (Å²) in [6, 6.07) is 8.02. The van der Waals surface area contributed by atoms with Gasteiger partial charge < -0.3 is 10.6 Å². The second-order valence-corrected chi connectivity index (χ2v) is 4.08. The van der Waals surface area contributed by atoms with Gasteiger partial charge in [0.05, 0.1) is 12.4 Å². The molecule has 4 nitrogen and oxygen atoms in total. The highest BCUT2D eigenvalue weighted by Crippen LogP contribution is 2.10. The van der Waals surface area contributed by atoms with Crippen molar-refractivity contribution >= 4 is 5.95 Å². The van der Waals surface area contributed by atoms with Gasteiger partial charge in [0.2, 0.25) is 5.95 Å². The molecular weight excluding hydrogens is 231 g/mol. The molecule has 1 aromatic heterocycles. The Morgan fingerprint density at radius 1 is 1.11 bits per heavy atom. The summed E-state index contributed by atoms with van der Waals surface area (Å²) in [6.45, 7) is 1.20. The molecule has 1 aromatic carbocycles. The van der Waals surface area contributed by atoms with Crippen LogP contribution in [-0.4, -0.2) is 17.0 Å². The Kier molecular flexibility index (Phi) is 3.84. The minimum atomic E-state index is -0.431. The van der Waals surface area contributed by atoms with E-state index in [0.717, 1.165) is 23.5 Å². The van der Waals surface area contributed by atoms with Gasteiger partial charge in [-0.15, -0.1) is 0 Å². The molecule has 0 bridgehead atoms. The fraction of sp³-hybridized carbons (Fsp3) is 0.231. The van der Waals surface area contributed by atoms with Gasteiger partial charge in [0.1, 0.15) is 0 Å². The van der Waals surface area contributed by atoms with E-state index in [1.54, 1.807) is 0 Å². The molecule has 0 aliphatic rings. The van der Waals surface area contributed by atoms with Crippen LogP contribution >= 0.6 is 0 Å². The number of halogens is 1. The fourth-order valence-electron chi connectivity index (χ4n) is 1.63. The zero-order valence-corrected chi connectivity index (χ0v) is 10.2. The van der Waals surface area contributed by atoms with Gasteiger partial charge in [0.25, 0.3) is 0 Å². The van der Waals surface area contributed by atoms with Crippen molar-refractivity contribution in [1.29, 1.82) is 0 Å². The number of hydrogen-bond donors (Lipinski definition) is 1. The van der Waals surface area contributed by atoms with Crippen molar-refractivity contribution in [2.24, 2.45) is 5.73 Å². The first-order valence-corrected chi connectivity index (χ1v) is 5.65. The van der Waals surface area contributed by atoms with Crippen LogP contribution in [-0.2, 0) is 13.1 Å². The van der Waals surface area contributed by atoms with Gasteiger partial charge in [-0.3, -0.25) is 0 Å². The molecule has 5 heteroatoms. The molecule has 0 amide bonds. The predicted molar refractivity (Wildman–Crippen MR) is 68.4 cm³/mol. The summed E-state index contributed by atoms with van der Waals surface area (Å²) in [5.74, 6) is 0.0683. The third-order valence-electron chi connectivity index (χ3n) is 2.63. The summed E-state index contributed by atoms with van der Waals surface area (Å²) in [5.41, 5.74) is 7.76. The molecule has 18 heavy (non-hydrogen) atoms. The Morgan fingerprint density at radius 3 is 2.22 bits per heavy atom. The summed E-state index contributed by atoms with van der Waals surface area (Å²) in [4.78, 5) is 9.71. The lowest BCUT2D eigenvalue weighted by atomic mass is 10.1. The Bertz CT molecular complexity index is 495. The van der Waals surface area contributed by atoms with E-state index < -0.39 is 5.82 Å². The topological polar surface area (TPSA) is 55.0 Å². The Labute approximate surface area is 105 Å². The predicted octanol–water partition coefficient (Wildman–Crippen LogP) is 1.71. The summed E-state index contributed by atoms with van der Waals surface area (Å²) < 4.78 is 12.7. The van der Waals surface area contributed by atoms with Gasteiger partial charge in [-0.25, -0.2) is 14.4 Å². The van der Waals surface area contributed by atoms with Crippen LogP contribution in [0.2, 0.25) is 0 Å². The molecule has 0 radical (unpaired) electrons. The van der Waals surface area contributed by atoms with E-state index in [4.69, 9.17) is 5.73 Å². The Balaban J connectivity index is 2.05. The molecule has 0 fully saturated rings. The first-order valence-electron chi connectivity index (χ1n) is 5.65. The number of rotatable bonds is 4. The summed E-state index contributed by atoms with van der Waals surface area (Å²) >= 11 is 0. The fourth-order valence-corrected chi connectivity index (χ4v) is 1.63. The third kappa shape index (κ3) is 3.01. The minimum absolute atomic E-state index is 0.431. The van der Waals surface area contributed by atoms with Gasteiger partial charge >= 0.3 is 0 Å². The zero-order chi connectivity index (χ0) is 13.0. The van der Waals surface area contributed by atoms with Crippen LogP contribution in [0.25, 0.3) is 0 Å². The number of anilines is 1. The number of aromatic nitrogens is 2. The quantitative estimate of drug-likeness (QED) is 0.892. The number of nitrogens with zero attached hydrogens (tertiary/aromatic N) is 3. The molecule has 0 unspecified atom stereocenters. The molecule has 0 saturated heterocycles. The van der Waals surface area contributed by atoms with E-state index in [9.17, 15) is 4.39 Å². The van der Waals surface area contributed by atoms with Crippen molar-refractivity contribution < 1.29 is 4.39 Å². The van der Waals surface area contributed by atoms with Crippen LogP contribution in [0.3, 0.4) is 0 Å². The van der Waals surface area contributed by atoms with Gasteiger partial charge in [0.15, 0.2) is 5.82 Å². The van der Waals surface area contributed by atoms with Crippen molar-refractivity contribution in [1.82, 2.24) is 9.97 Å². The Hall–Kier alpha value is -2.01. The lowest BCUT2D eigenvalue weighted by molar-refractivity contribution is 0.612. The van der Waals surface area contributed by atoms with Gasteiger partial charge in [-0.1, -0.05) is 24.3 Å². The summed E-state index contributed by atoms with van der Waals surface area (Å²) in [6.07, 6.45) is 2.33. The van der Waals surface area contributed by atoms with Crippen molar-refractivity contribution in [3.8, 4) is 0 Å². The Morgan fingerprint density at radius 2 is 1.67 bits per heavy atom. The molecule has 1 heterocycles. The highest BCUT2D eigenvalue weighted by molar-refractivity contribution is 5.31. The first kappa shape index (κ1) is 12.4. The van der Waals surface area contributed by atoms with Crippen molar-refractivity contribution in [3.63, 3.8) is 0 Å². The van der Waals surface area contributed by atoms with Crippen molar-refractivity contribution in [2.45, 2.75) is 13.1 Å². The molecule has 2 N–H and O–H groups in total. The number of hydrogen-bond acceptors (Lipinski definition) is 4.